The summed E-state index contributed by atoms with van der Waals surface area (Å²) in [5.74, 6) is 1.42. The number of phenolic OH excluding ortho intramolecular Hbond substituents is 1. The van der Waals surface area contributed by atoms with E-state index in [4.69, 9.17) is 4.74 Å². The molecule has 0 aliphatic heterocycles. The molecule has 1 unspecified atom stereocenters. The molecule has 1 aromatic carbocycles. The van der Waals surface area contributed by atoms with E-state index >= 15 is 0 Å². The van der Waals surface area contributed by atoms with E-state index in [1.807, 2.05) is 30.5 Å². The van der Waals surface area contributed by atoms with Gasteiger partial charge in [0, 0.05) is 18.7 Å². The van der Waals surface area contributed by atoms with Gasteiger partial charge in [-0.1, -0.05) is 12.1 Å². The summed E-state index contributed by atoms with van der Waals surface area (Å²) in [4.78, 5) is 13.6. The molecule has 29 heavy (non-hydrogen) atoms. The van der Waals surface area contributed by atoms with Crippen molar-refractivity contribution in [3.8, 4) is 11.5 Å². The number of hydrogen-bond donors (Lipinski definition) is 4. The van der Waals surface area contributed by atoms with Crippen LogP contribution in [0.3, 0.4) is 0 Å². The number of anilines is 2. The maximum atomic E-state index is 10.3. The van der Waals surface area contributed by atoms with Crippen LogP contribution in [-0.2, 0) is 13.1 Å². The van der Waals surface area contributed by atoms with Gasteiger partial charge in [-0.15, -0.1) is 0 Å². The predicted molar refractivity (Wildman–Crippen MR) is 112 cm³/mol. The Morgan fingerprint density at radius 1 is 1.28 bits per heavy atom. The fourth-order valence-electron chi connectivity index (χ4n) is 2.79. The summed E-state index contributed by atoms with van der Waals surface area (Å²) < 4.78 is 7.09. The number of nitrogens with zero attached hydrogens (tertiary/aromatic N) is 4. The first-order valence-corrected chi connectivity index (χ1v) is 9.55. The predicted octanol–water partition coefficient (Wildman–Crippen LogP) is 2.74. The van der Waals surface area contributed by atoms with Crippen molar-refractivity contribution in [1.82, 2.24) is 19.5 Å². The number of nitrogens with one attached hydrogen (secondary N) is 2. The monoisotopic (exact) mass is 400 g/mol. The molecular weight excluding hydrogens is 372 g/mol. The molecule has 0 aliphatic carbocycles. The van der Waals surface area contributed by atoms with Crippen LogP contribution >= 0.6 is 0 Å². The molecule has 9 nitrogen and oxygen atoms in total. The maximum absolute atomic E-state index is 10.3. The standard InChI is InChI=1S/C20H28N6O3/c1-6-26-11-22-15-17(21-10-13-8-7-9-14(29-5)16(13)27)24-19(25-18(15)26)23-12(2)20(3,4)28/h7-9,11-12,27-28H,6,10H2,1-5H3,(H2,21,23,24,25). The normalized spacial score (nSPS) is 12.8. The molecule has 0 amide bonds. The average Bonchev–Trinajstić information content (AvgIpc) is 3.09. The van der Waals surface area contributed by atoms with E-state index in [0.717, 1.165) is 0 Å². The van der Waals surface area contributed by atoms with Gasteiger partial charge in [-0.3, -0.25) is 0 Å². The van der Waals surface area contributed by atoms with E-state index < -0.39 is 5.60 Å². The first-order chi connectivity index (χ1) is 13.7. The molecule has 9 heteroatoms. The topological polar surface area (TPSA) is 117 Å². The lowest BCUT2D eigenvalue weighted by molar-refractivity contribution is 0.0646. The molecule has 3 aromatic rings. The Morgan fingerprint density at radius 3 is 2.69 bits per heavy atom. The Balaban J connectivity index is 1.95. The number of aryl methyl sites for hydroxylation is 1. The van der Waals surface area contributed by atoms with Gasteiger partial charge >= 0.3 is 0 Å². The highest BCUT2D eigenvalue weighted by molar-refractivity contribution is 5.84. The van der Waals surface area contributed by atoms with Crippen LogP contribution in [0, 0.1) is 0 Å². The second kappa shape index (κ2) is 8.12. The van der Waals surface area contributed by atoms with Crippen molar-refractivity contribution in [3.05, 3.63) is 30.1 Å². The molecule has 0 saturated carbocycles. The Kier molecular flexibility index (Phi) is 5.78. The molecule has 2 heterocycles. The number of imidazole rings is 1. The van der Waals surface area contributed by atoms with E-state index in [2.05, 4.69) is 25.6 Å². The minimum atomic E-state index is -0.941. The Bertz CT molecular complexity index is 996. The highest BCUT2D eigenvalue weighted by Crippen LogP contribution is 2.30. The van der Waals surface area contributed by atoms with Crippen LogP contribution in [0.15, 0.2) is 24.5 Å². The largest absolute Gasteiger partial charge is 0.504 e. The molecule has 0 spiro atoms. The number of aliphatic hydroxyl groups is 1. The highest BCUT2D eigenvalue weighted by Gasteiger charge is 2.24. The smallest absolute Gasteiger partial charge is 0.227 e. The summed E-state index contributed by atoms with van der Waals surface area (Å²) >= 11 is 0. The summed E-state index contributed by atoms with van der Waals surface area (Å²) in [6.07, 6.45) is 1.72. The van der Waals surface area contributed by atoms with Crippen LogP contribution in [0.5, 0.6) is 11.5 Å². The molecule has 0 radical (unpaired) electrons. The minimum Gasteiger partial charge on any atom is -0.504 e. The fourth-order valence-corrected chi connectivity index (χ4v) is 2.79. The lowest BCUT2D eigenvalue weighted by atomic mass is 10.0. The number of fused-ring (bicyclic) bond motifs is 1. The van der Waals surface area contributed by atoms with Gasteiger partial charge in [0.15, 0.2) is 28.5 Å². The molecule has 0 aliphatic rings. The second-order valence-electron chi connectivity index (χ2n) is 7.44. The molecule has 2 aromatic heterocycles. The van der Waals surface area contributed by atoms with E-state index in [-0.39, 0.29) is 11.8 Å². The molecule has 156 valence electrons. The first-order valence-electron chi connectivity index (χ1n) is 9.55. The Morgan fingerprint density at radius 2 is 2.03 bits per heavy atom. The van der Waals surface area contributed by atoms with E-state index in [0.29, 0.717) is 47.3 Å². The number of methoxy groups -OCH3 is 1. The molecule has 3 rings (SSSR count). The van der Waals surface area contributed by atoms with Gasteiger partial charge in [0.1, 0.15) is 0 Å². The zero-order chi connectivity index (χ0) is 21.2. The number of ether oxygens (including phenoxy) is 1. The fraction of sp³-hybridized carbons (Fsp3) is 0.450. The molecule has 1 atom stereocenters. The first kappa shape index (κ1) is 20.7. The zero-order valence-corrected chi connectivity index (χ0v) is 17.4. The summed E-state index contributed by atoms with van der Waals surface area (Å²) in [5, 5.41) is 27.0. The molecule has 0 saturated heterocycles. The summed E-state index contributed by atoms with van der Waals surface area (Å²) in [6.45, 7) is 8.37. The highest BCUT2D eigenvalue weighted by atomic mass is 16.5. The van der Waals surface area contributed by atoms with Crippen molar-refractivity contribution in [2.24, 2.45) is 0 Å². The maximum Gasteiger partial charge on any atom is 0.227 e. The van der Waals surface area contributed by atoms with Crippen LogP contribution in [0.2, 0.25) is 0 Å². The van der Waals surface area contributed by atoms with Crippen LogP contribution in [0.4, 0.5) is 11.8 Å². The summed E-state index contributed by atoms with van der Waals surface area (Å²) in [6, 6.07) is 5.05. The minimum absolute atomic E-state index is 0.0842. The zero-order valence-electron chi connectivity index (χ0n) is 17.4. The third kappa shape index (κ3) is 4.34. The number of para-hydroxylation sites is 1. The van der Waals surface area contributed by atoms with Gasteiger partial charge in [0.25, 0.3) is 0 Å². The van der Waals surface area contributed by atoms with Crippen molar-refractivity contribution >= 4 is 22.9 Å². The number of hydrogen-bond acceptors (Lipinski definition) is 8. The lowest BCUT2D eigenvalue weighted by Crippen LogP contribution is -2.39. The molecule has 4 N–H and O–H groups in total. The lowest BCUT2D eigenvalue weighted by Gasteiger charge is -2.26. The van der Waals surface area contributed by atoms with Crippen LogP contribution in [0.1, 0.15) is 33.3 Å². The average molecular weight is 400 g/mol. The quantitative estimate of drug-likeness (QED) is 0.456. The van der Waals surface area contributed by atoms with Gasteiger partial charge < -0.3 is 30.2 Å². The van der Waals surface area contributed by atoms with Crippen LogP contribution in [0.25, 0.3) is 11.2 Å². The van der Waals surface area contributed by atoms with E-state index in [1.54, 1.807) is 26.2 Å². The number of phenols is 1. The van der Waals surface area contributed by atoms with Crippen molar-refractivity contribution in [2.45, 2.75) is 52.4 Å². The van der Waals surface area contributed by atoms with Gasteiger partial charge in [-0.05, 0) is 33.8 Å². The number of aromatic hydroxyl groups is 1. The third-order valence-corrected chi connectivity index (χ3v) is 4.96. The van der Waals surface area contributed by atoms with Crippen molar-refractivity contribution in [1.29, 1.82) is 0 Å². The van der Waals surface area contributed by atoms with Crippen molar-refractivity contribution in [3.63, 3.8) is 0 Å². The molecular formula is C20H28N6O3. The molecule has 0 fully saturated rings. The van der Waals surface area contributed by atoms with Crippen LogP contribution < -0.4 is 15.4 Å². The van der Waals surface area contributed by atoms with Gasteiger partial charge in [-0.2, -0.15) is 9.97 Å². The Labute approximate surface area is 169 Å². The SMILES string of the molecule is CCn1cnc2c(NCc3cccc(OC)c3O)nc(NC(C)C(C)(C)O)nc21. The Hall–Kier alpha value is -3.07. The summed E-state index contributed by atoms with van der Waals surface area (Å²) in [7, 11) is 1.51. The molecule has 0 bridgehead atoms. The third-order valence-electron chi connectivity index (χ3n) is 4.96. The van der Waals surface area contributed by atoms with Crippen molar-refractivity contribution in [2.75, 3.05) is 17.7 Å². The van der Waals surface area contributed by atoms with Crippen LogP contribution in [-0.4, -0.2) is 48.5 Å². The van der Waals surface area contributed by atoms with E-state index in [1.165, 1.54) is 7.11 Å². The summed E-state index contributed by atoms with van der Waals surface area (Å²) in [5.41, 5.74) is 1.05. The van der Waals surface area contributed by atoms with Gasteiger partial charge in [-0.25, -0.2) is 4.98 Å². The number of benzene rings is 1. The number of rotatable bonds is 8. The number of aromatic nitrogens is 4. The van der Waals surface area contributed by atoms with E-state index in [9.17, 15) is 10.2 Å². The van der Waals surface area contributed by atoms with Crippen molar-refractivity contribution < 1.29 is 14.9 Å². The van der Waals surface area contributed by atoms with Gasteiger partial charge in [0.05, 0.1) is 25.1 Å². The van der Waals surface area contributed by atoms with Gasteiger partial charge in [0.2, 0.25) is 5.95 Å². The second-order valence-corrected chi connectivity index (χ2v) is 7.44.